The largest absolute Gasteiger partial charge is 0.455 e. The summed E-state index contributed by atoms with van der Waals surface area (Å²) in [7, 11) is 0. The van der Waals surface area contributed by atoms with E-state index < -0.39 is 0 Å². The fraction of sp³-hybridized carbons (Fsp3) is 0. The van der Waals surface area contributed by atoms with Gasteiger partial charge in [-0.1, -0.05) is 194 Å². The molecule has 0 N–H and O–H groups in total. The topological polar surface area (TPSA) is 51.8 Å². The molecule has 4 nitrogen and oxygen atoms in total. The first-order valence-corrected chi connectivity index (χ1v) is 19.8. The Kier molecular flexibility index (Phi) is 8.45. The summed E-state index contributed by atoms with van der Waals surface area (Å²) in [6.45, 7) is 0. The lowest BCUT2D eigenvalue weighted by Gasteiger charge is -2.12. The van der Waals surface area contributed by atoms with Gasteiger partial charge in [-0.2, -0.15) is 0 Å². The van der Waals surface area contributed by atoms with Gasteiger partial charge in [-0.05, 0) is 46.0 Å². The molecule has 11 rings (SSSR count). The fourth-order valence-corrected chi connectivity index (χ4v) is 8.12. The smallest absolute Gasteiger partial charge is 0.160 e. The zero-order valence-electron chi connectivity index (χ0n) is 32.0. The van der Waals surface area contributed by atoms with Crippen molar-refractivity contribution in [1.29, 1.82) is 0 Å². The molecule has 8 aromatic carbocycles. The number of furan rings is 1. The van der Waals surface area contributed by atoms with Crippen LogP contribution in [0.2, 0.25) is 0 Å². The van der Waals surface area contributed by atoms with Crippen molar-refractivity contribution in [2.75, 3.05) is 0 Å². The molecule has 0 atom stereocenters. The molecule has 0 bridgehead atoms. The maximum atomic E-state index is 6.63. The van der Waals surface area contributed by atoms with Gasteiger partial charge in [-0.3, -0.25) is 0 Å². The van der Waals surface area contributed by atoms with Crippen molar-refractivity contribution in [2.45, 2.75) is 0 Å². The first-order chi connectivity index (χ1) is 29.2. The van der Waals surface area contributed by atoms with Gasteiger partial charge >= 0.3 is 0 Å². The Morgan fingerprint density at radius 3 is 1.37 bits per heavy atom. The Morgan fingerprint density at radius 2 is 0.780 bits per heavy atom. The minimum absolute atomic E-state index is 0.671. The van der Waals surface area contributed by atoms with Gasteiger partial charge in [0.25, 0.3) is 0 Å². The van der Waals surface area contributed by atoms with Crippen molar-refractivity contribution >= 4 is 32.8 Å². The van der Waals surface area contributed by atoms with E-state index in [1.165, 1.54) is 11.1 Å². The van der Waals surface area contributed by atoms with Crippen LogP contribution in [0.3, 0.4) is 0 Å². The Morgan fingerprint density at radius 1 is 0.322 bits per heavy atom. The molecule has 0 fully saturated rings. The average molecular weight is 754 g/mol. The highest BCUT2D eigenvalue weighted by Crippen LogP contribution is 2.42. The summed E-state index contributed by atoms with van der Waals surface area (Å²) >= 11 is 0. The minimum atomic E-state index is 0.671. The van der Waals surface area contributed by atoms with Gasteiger partial charge < -0.3 is 4.42 Å². The number of rotatable bonds is 7. The molecular weight excluding hydrogens is 719 g/mol. The van der Waals surface area contributed by atoms with Crippen LogP contribution in [-0.4, -0.2) is 15.0 Å². The van der Waals surface area contributed by atoms with E-state index >= 15 is 0 Å². The third-order valence-corrected chi connectivity index (χ3v) is 11.1. The molecule has 0 aliphatic carbocycles. The molecule has 59 heavy (non-hydrogen) atoms. The quantitative estimate of drug-likeness (QED) is 0.163. The van der Waals surface area contributed by atoms with Gasteiger partial charge in [0.2, 0.25) is 0 Å². The highest BCUT2D eigenvalue weighted by molar-refractivity contribution is 6.20. The summed E-state index contributed by atoms with van der Waals surface area (Å²) < 4.78 is 6.63. The monoisotopic (exact) mass is 753 g/mol. The van der Waals surface area contributed by atoms with E-state index in [2.05, 4.69) is 182 Å². The summed E-state index contributed by atoms with van der Waals surface area (Å²) in [6.07, 6.45) is 0. The van der Waals surface area contributed by atoms with Crippen LogP contribution in [0.1, 0.15) is 0 Å². The highest BCUT2D eigenvalue weighted by atomic mass is 16.3. The Balaban J connectivity index is 1.04. The molecule has 0 saturated carbocycles. The molecule has 3 aromatic heterocycles. The second-order valence-electron chi connectivity index (χ2n) is 14.8. The van der Waals surface area contributed by atoms with E-state index in [9.17, 15) is 0 Å². The first kappa shape index (κ1) is 34.3. The molecule has 4 heteroatoms. The van der Waals surface area contributed by atoms with Gasteiger partial charge in [-0.15, -0.1) is 0 Å². The number of aromatic nitrogens is 3. The third kappa shape index (κ3) is 6.34. The zero-order chi connectivity index (χ0) is 39.1. The zero-order valence-corrected chi connectivity index (χ0v) is 32.0. The van der Waals surface area contributed by atoms with Gasteiger partial charge in [0, 0.05) is 38.6 Å². The molecule has 11 aromatic rings. The Hall–Kier alpha value is -7.95. The van der Waals surface area contributed by atoms with E-state index in [0.29, 0.717) is 5.82 Å². The number of para-hydroxylation sites is 2. The number of hydrogen-bond acceptors (Lipinski definition) is 4. The van der Waals surface area contributed by atoms with Crippen molar-refractivity contribution in [3.05, 3.63) is 212 Å². The van der Waals surface area contributed by atoms with Crippen LogP contribution in [0.25, 0.3) is 111 Å². The summed E-state index contributed by atoms with van der Waals surface area (Å²) in [5, 5.41) is 3.05. The Labute approximate surface area is 341 Å². The van der Waals surface area contributed by atoms with E-state index in [4.69, 9.17) is 19.4 Å². The van der Waals surface area contributed by atoms with E-state index in [0.717, 1.165) is 94.4 Å². The van der Waals surface area contributed by atoms with Gasteiger partial charge in [0.1, 0.15) is 11.2 Å². The summed E-state index contributed by atoms with van der Waals surface area (Å²) in [5.74, 6) is 0.671. The van der Waals surface area contributed by atoms with Crippen LogP contribution in [0.4, 0.5) is 0 Å². The van der Waals surface area contributed by atoms with Crippen LogP contribution in [-0.2, 0) is 0 Å². The number of fused-ring (bicyclic) bond motifs is 5. The Bertz CT molecular complexity index is 3170. The molecule has 3 heterocycles. The molecule has 0 aliphatic heterocycles. The number of benzene rings is 8. The van der Waals surface area contributed by atoms with Crippen LogP contribution in [0.15, 0.2) is 217 Å². The van der Waals surface area contributed by atoms with Crippen molar-refractivity contribution in [3.8, 4) is 78.5 Å². The van der Waals surface area contributed by atoms with E-state index in [-0.39, 0.29) is 0 Å². The van der Waals surface area contributed by atoms with Crippen molar-refractivity contribution in [1.82, 2.24) is 15.0 Å². The summed E-state index contributed by atoms with van der Waals surface area (Å²) in [6, 6.07) is 73.7. The lowest BCUT2D eigenvalue weighted by atomic mass is 9.97. The number of nitrogens with zero attached hydrogens (tertiary/aromatic N) is 3. The van der Waals surface area contributed by atoms with E-state index in [1.807, 2.05) is 30.3 Å². The molecule has 0 radical (unpaired) electrons. The number of hydrogen-bond donors (Lipinski definition) is 0. The van der Waals surface area contributed by atoms with Crippen LogP contribution < -0.4 is 0 Å². The third-order valence-electron chi connectivity index (χ3n) is 11.1. The molecule has 0 spiro atoms. The SMILES string of the molecule is c1ccc(-c2ccc(-c3cc(-c4ccc(-c5nc6c(-c7ccccc7)cccc6c6oc7ccccc7c56)cc4)nc(-c4ccc(-c5ccccc5)cc4)n3)cc2)cc1. The summed E-state index contributed by atoms with van der Waals surface area (Å²) in [4.78, 5) is 15.8. The van der Waals surface area contributed by atoms with Gasteiger partial charge in [-0.25, -0.2) is 15.0 Å². The van der Waals surface area contributed by atoms with Gasteiger partial charge in [0.05, 0.1) is 28.0 Å². The second-order valence-corrected chi connectivity index (χ2v) is 14.8. The second kappa shape index (κ2) is 14.5. The van der Waals surface area contributed by atoms with Crippen LogP contribution in [0, 0.1) is 0 Å². The maximum Gasteiger partial charge on any atom is 0.160 e. The van der Waals surface area contributed by atoms with E-state index in [1.54, 1.807) is 0 Å². The molecule has 276 valence electrons. The van der Waals surface area contributed by atoms with Crippen molar-refractivity contribution < 1.29 is 4.42 Å². The van der Waals surface area contributed by atoms with Gasteiger partial charge in [0.15, 0.2) is 5.82 Å². The average Bonchev–Trinajstić information content (AvgIpc) is 3.72. The van der Waals surface area contributed by atoms with Crippen LogP contribution in [0.5, 0.6) is 0 Å². The predicted molar refractivity (Wildman–Crippen MR) is 243 cm³/mol. The molecule has 0 saturated heterocycles. The summed E-state index contributed by atoms with van der Waals surface area (Å²) in [5.41, 5.74) is 16.0. The molecule has 0 aliphatic rings. The predicted octanol–water partition coefficient (Wildman–Crippen LogP) is 14.6. The number of pyridine rings is 1. The van der Waals surface area contributed by atoms with Crippen LogP contribution >= 0.6 is 0 Å². The molecule has 0 amide bonds. The standard InChI is InChI=1S/C55H35N3O/c1-4-13-36(14-5-1)38-23-27-41(28-24-38)48-35-49(57-55(56-48)44-33-25-39(26-34-44)37-15-6-2-7-16-37)42-29-31-43(32-30-42)52-51-46-19-10-11-22-50(46)59-54(51)47-21-12-20-45(53(47)58-52)40-17-8-3-9-18-40/h1-35H. The van der Waals surface area contributed by atoms with Crippen molar-refractivity contribution in [2.24, 2.45) is 0 Å². The van der Waals surface area contributed by atoms with Crippen molar-refractivity contribution in [3.63, 3.8) is 0 Å². The fourth-order valence-electron chi connectivity index (χ4n) is 8.12. The molecule has 0 unspecified atom stereocenters. The molecular formula is C55H35N3O. The normalized spacial score (nSPS) is 11.4. The first-order valence-electron chi connectivity index (χ1n) is 19.8. The minimum Gasteiger partial charge on any atom is -0.455 e. The highest BCUT2D eigenvalue weighted by Gasteiger charge is 2.20. The lowest BCUT2D eigenvalue weighted by molar-refractivity contribution is 0.672. The lowest BCUT2D eigenvalue weighted by Crippen LogP contribution is -1.96. The maximum absolute atomic E-state index is 6.63.